The molecule has 1 saturated heterocycles. The van der Waals surface area contributed by atoms with Gasteiger partial charge in [0, 0.05) is 31.9 Å². The minimum Gasteiger partial charge on any atom is -0.325 e. The van der Waals surface area contributed by atoms with Gasteiger partial charge in [-0.25, -0.2) is 4.39 Å². The van der Waals surface area contributed by atoms with Crippen molar-refractivity contribution in [2.75, 3.05) is 31.5 Å². The van der Waals surface area contributed by atoms with Crippen molar-refractivity contribution in [1.82, 2.24) is 10.2 Å². The van der Waals surface area contributed by atoms with E-state index in [0.717, 1.165) is 26.2 Å². The maximum atomic E-state index is 13.3. The lowest BCUT2D eigenvalue weighted by atomic mass is 10.2. The molecule has 1 aromatic carbocycles. The smallest absolute Gasteiger partial charge is 0.241 e. The van der Waals surface area contributed by atoms with Crippen molar-refractivity contribution in [3.63, 3.8) is 0 Å². The zero-order valence-electron chi connectivity index (χ0n) is 11.0. The van der Waals surface area contributed by atoms with Gasteiger partial charge in [0.05, 0.1) is 16.1 Å². The van der Waals surface area contributed by atoms with E-state index < -0.39 is 5.82 Å². The molecule has 0 saturated carbocycles. The molecule has 110 valence electrons. The van der Waals surface area contributed by atoms with Gasteiger partial charge in [-0.15, -0.1) is 0 Å². The number of halogens is 3. The molecule has 0 aliphatic carbocycles. The van der Waals surface area contributed by atoms with Crippen LogP contribution in [0.15, 0.2) is 12.1 Å². The highest BCUT2D eigenvalue weighted by molar-refractivity contribution is 6.35. The van der Waals surface area contributed by atoms with Gasteiger partial charge in [-0.2, -0.15) is 0 Å². The fourth-order valence-corrected chi connectivity index (χ4v) is 2.60. The summed E-state index contributed by atoms with van der Waals surface area (Å²) >= 11 is 11.4. The molecule has 20 heavy (non-hydrogen) atoms. The zero-order valence-corrected chi connectivity index (χ0v) is 12.6. The predicted octanol–water partition coefficient (Wildman–Crippen LogP) is 2.36. The van der Waals surface area contributed by atoms with E-state index in [9.17, 15) is 9.18 Å². The number of hydrogen-bond acceptors (Lipinski definition) is 3. The van der Waals surface area contributed by atoms with Gasteiger partial charge < -0.3 is 10.6 Å². The molecule has 2 N–H and O–H groups in total. The maximum absolute atomic E-state index is 13.3. The Bertz CT molecular complexity index is 483. The number of carbonyl (C=O) groups is 1. The summed E-state index contributed by atoms with van der Waals surface area (Å²) in [7, 11) is 0. The number of amides is 1. The van der Waals surface area contributed by atoms with Crippen molar-refractivity contribution in [3.8, 4) is 0 Å². The van der Waals surface area contributed by atoms with E-state index in [2.05, 4.69) is 15.5 Å². The summed E-state index contributed by atoms with van der Waals surface area (Å²) in [6.45, 7) is 5.21. The first-order valence-electron chi connectivity index (χ1n) is 6.39. The average molecular weight is 320 g/mol. The highest BCUT2D eigenvalue weighted by Crippen LogP contribution is 2.27. The fourth-order valence-electron chi connectivity index (χ4n) is 2.11. The second kappa shape index (κ2) is 6.72. The molecule has 1 aliphatic heterocycles. The molecule has 0 bridgehead atoms. The molecule has 7 heteroatoms. The number of benzene rings is 1. The third-order valence-corrected chi connectivity index (χ3v) is 3.88. The Morgan fingerprint density at radius 2 is 1.90 bits per heavy atom. The summed E-state index contributed by atoms with van der Waals surface area (Å²) in [5.74, 6) is -0.841. The van der Waals surface area contributed by atoms with E-state index in [1.54, 1.807) is 0 Å². The molecule has 1 amide bonds. The fraction of sp³-hybridized carbons (Fsp3) is 0.462. The Hall–Kier alpha value is -0.880. The first kappa shape index (κ1) is 15.5. The minimum absolute atomic E-state index is 0.109. The van der Waals surface area contributed by atoms with E-state index in [-0.39, 0.29) is 22.0 Å². The Kier molecular flexibility index (Phi) is 5.21. The summed E-state index contributed by atoms with van der Waals surface area (Å²) in [5, 5.41) is 5.72. The van der Waals surface area contributed by atoms with Crippen LogP contribution in [-0.2, 0) is 4.79 Å². The van der Waals surface area contributed by atoms with Crippen molar-refractivity contribution in [2.45, 2.75) is 13.0 Å². The van der Waals surface area contributed by atoms with E-state index in [1.807, 2.05) is 6.92 Å². The Morgan fingerprint density at radius 1 is 1.35 bits per heavy atom. The van der Waals surface area contributed by atoms with E-state index in [1.165, 1.54) is 12.1 Å². The van der Waals surface area contributed by atoms with Crippen LogP contribution in [0.4, 0.5) is 10.1 Å². The first-order chi connectivity index (χ1) is 9.49. The van der Waals surface area contributed by atoms with Crippen LogP contribution in [0.2, 0.25) is 10.0 Å². The van der Waals surface area contributed by atoms with Gasteiger partial charge in [0.25, 0.3) is 0 Å². The normalized spacial score (nSPS) is 17.8. The quantitative estimate of drug-likeness (QED) is 0.841. The van der Waals surface area contributed by atoms with E-state index in [4.69, 9.17) is 23.2 Å². The molecule has 1 atom stereocenters. The van der Waals surface area contributed by atoms with Gasteiger partial charge in [0.15, 0.2) is 5.82 Å². The predicted molar refractivity (Wildman–Crippen MR) is 79.0 cm³/mol. The molecule has 2 rings (SSSR count). The highest BCUT2D eigenvalue weighted by Gasteiger charge is 2.23. The Balaban J connectivity index is 2.03. The van der Waals surface area contributed by atoms with Crippen LogP contribution >= 0.6 is 23.2 Å². The number of anilines is 1. The molecular formula is C13H16Cl2FN3O. The number of nitrogens with one attached hydrogen (secondary N) is 2. The van der Waals surface area contributed by atoms with Crippen LogP contribution in [0.3, 0.4) is 0 Å². The van der Waals surface area contributed by atoms with E-state index in [0.29, 0.717) is 5.69 Å². The van der Waals surface area contributed by atoms with Crippen LogP contribution in [-0.4, -0.2) is 43.0 Å². The summed E-state index contributed by atoms with van der Waals surface area (Å²) in [5.41, 5.74) is 0.397. The highest BCUT2D eigenvalue weighted by atomic mass is 35.5. The standard InChI is InChI=1S/C13H16Cl2FN3O/c1-8(19-4-2-17-3-5-19)13(20)18-9-6-10(14)12(16)11(15)7-9/h6-8,17H,2-5H2,1H3,(H,18,20). The van der Waals surface area contributed by atoms with Gasteiger partial charge in [-0.05, 0) is 19.1 Å². The van der Waals surface area contributed by atoms with Crippen LogP contribution in [0.5, 0.6) is 0 Å². The summed E-state index contributed by atoms with van der Waals surface area (Å²) in [6, 6.07) is 2.44. The van der Waals surface area contributed by atoms with Gasteiger partial charge in [0.2, 0.25) is 5.91 Å². The lowest BCUT2D eigenvalue weighted by Gasteiger charge is -2.31. The van der Waals surface area contributed by atoms with Crippen LogP contribution in [0.25, 0.3) is 0 Å². The summed E-state index contributed by atoms with van der Waals surface area (Å²) in [4.78, 5) is 14.2. The summed E-state index contributed by atoms with van der Waals surface area (Å²) < 4.78 is 13.3. The average Bonchev–Trinajstić information content (AvgIpc) is 2.44. The van der Waals surface area contributed by atoms with Crippen LogP contribution in [0, 0.1) is 5.82 Å². The molecule has 4 nitrogen and oxygen atoms in total. The number of hydrogen-bond donors (Lipinski definition) is 2. The molecular weight excluding hydrogens is 304 g/mol. The third-order valence-electron chi connectivity index (χ3n) is 3.33. The van der Waals surface area contributed by atoms with Crippen LogP contribution in [0.1, 0.15) is 6.92 Å². The third kappa shape index (κ3) is 3.61. The molecule has 1 fully saturated rings. The lowest BCUT2D eigenvalue weighted by Crippen LogP contribution is -2.51. The number of piperazine rings is 1. The molecule has 0 aromatic heterocycles. The van der Waals surface area contributed by atoms with Crippen molar-refractivity contribution >= 4 is 34.8 Å². The van der Waals surface area contributed by atoms with E-state index >= 15 is 0 Å². The topological polar surface area (TPSA) is 44.4 Å². The van der Waals surface area contributed by atoms with Gasteiger partial charge in [-0.3, -0.25) is 9.69 Å². The second-order valence-electron chi connectivity index (χ2n) is 4.71. The largest absolute Gasteiger partial charge is 0.325 e. The number of rotatable bonds is 3. The maximum Gasteiger partial charge on any atom is 0.241 e. The number of nitrogens with zero attached hydrogens (tertiary/aromatic N) is 1. The summed E-state index contributed by atoms with van der Waals surface area (Å²) in [6.07, 6.45) is 0. The van der Waals surface area contributed by atoms with Gasteiger partial charge in [0.1, 0.15) is 0 Å². The minimum atomic E-state index is -0.679. The van der Waals surface area contributed by atoms with Crippen molar-refractivity contribution in [1.29, 1.82) is 0 Å². The van der Waals surface area contributed by atoms with Gasteiger partial charge >= 0.3 is 0 Å². The Labute approximate surface area is 127 Å². The molecule has 1 aliphatic rings. The molecule has 0 spiro atoms. The van der Waals surface area contributed by atoms with Crippen molar-refractivity contribution in [2.24, 2.45) is 0 Å². The van der Waals surface area contributed by atoms with Crippen molar-refractivity contribution < 1.29 is 9.18 Å². The zero-order chi connectivity index (χ0) is 14.7. The van der Waals surface area contributed by atoms with Crippen LogP contribution < -0.4 is 10.6 Å². The first-order valence-corrected chi connectivity index (χ1v) is 7.15. The number of carbonyl (C=O) groups excluding carboxylic acids is 1. The second-order valence-corrected chi connectivity index (χ2v) is 5.52. The molecule has 0 radical (unpaired) electrons. The monoisotopic (exact) mass is 319 g/mol. The SMILES string of the molecule is CC(C(=O)Nc1cc(Cl)c(F)c(Cl)c1)N1CCNCC1. The Morgan fingerprint density at radius 3 is 2.45 bits per heavy atom. The molecule has 1 unspecified atom stereocenters. The van der Waals surface area contributed by atoms with Crippen molar-refractivity contribution in [3.05, 3.63) is 28.0 Å². The van der Waals surface area contributed by atoms with Gasteiger partial charge in [-0.1, -0.05) is 23.2 Å². The molecule has 1 aromatic rings. The lowest BCUT2D eigenvalue weighted by molar-refractivity contribution is -0.120. The molecule has 1 heterocycles.